The monoisotopic (exact) mass is 257 g/mol. The van der Waals surface area contributed by atoms with Crippen molar-refractivity contribution >= 4 is 0 Å². The lowest BCUT2D eigenvalue weighted by Crippen LogP contribution is -2.24. The van der Waals surface area contributed by atoms with Gasteiger partial charge in [-0.3, -0.25) is 4.79 Å². The number of hydrogen-bond acceptors (Lipinski definition) is 2. The van der Waals surface area contributed by atoms with E-state index in [0.717, 1.165) is 17.7 Å². The van der Waals surface area contributed by atoms with Gasteiger partial charge in [-0.25, -0.2) is 0 Å². The predicted molar refractivity (Wildman–Crippen MR) is 76.2 cm³/mol. The molecule has 0 spiro atoms. The zero-order valence-electron chi connectivity index (χ0n) is 11.3. The van der Waals surface area contributed by atoms with E-state index in [1.807, 2.05) is 37.3 Å². The summed E-state index contributed by atoms with van der Waals surface area (Å²) in [5.41, 5.74) is 2.86. The lowest BCUT2D eigenvalue weighted by Gasteiger charge is -2.15. The molecular formula is C16H19NO2. The van der Waals surface area contributed by atoms with Gasteiger partial charge in [0.1, 0.15) is 0 Å². The maximum Gasteiger partial charge on any atom is 0.250 e. The molecule has 3 heteroatoms. The fourth-order valence-electron chi connectivity index (χ4n) is 2.11. The summed E-state index contributed by atoms with van der Waals surface area (Å²) in [5, 5.41) is 10.2. The molecule has 0 bridgehead atoms. The number of aryl methyl sites for hydroxylation is 2. The van der Waals surface area contributed by atoms with E-state index < -0.39 is 6.10 Å². The second kappa shape index (κ2) is 5.85. The molecule has 0 aliphatic rings. The van der Waals surface area contributed by atoms with Gasteiger partial charge in [0.2, 0.25) is 0 Å². The molecule has 1 aromatic heterocycles. The molecule has 19 heavy (non-hydrogen) atoms. The van der Waals surface area contributed by atoms with Crippen LogP contribution in [0.1, 0.15) is 29.8 Å². The van der Waals surface area contributed by atoms with E-state index in [1.165, 1.54) is 11.6 Å². The summed E-state index contributed by atoms with van der Waals surface area (Å²) in [6.45, 7) is 4.25. The van der Waals surface area contributed by atoms with Gasteiger partial charge in [-0.1, -0.05) is 37.3 Å². The zero-order valence-corrected chi connectivity index (χ0v) is 11.3. The normalized spacial score (nSPS) is 12.4. The van der Waals surface area contributed by atoms with Crippen molar-refractivity contribution in [3.8, 4) is 0 Å². The first-order valence-corrected chi connectivity index (χ1v) is 6.55. The average molecular weight is 257 g/mol. The Balaban J connectivity index is 2.20. The fourth-order valence-corrected chi connectivity index (χ4v) is 2.11. The summed E-state index contributed by atoms with van der Waals surface area (Å²) in [6, 6.07) is 13.0. The van der Waals surface area contributed by atoms with Gasteiger partial charge in [-0.05, 0) is 30.5 Å². The molecule has 2 rings (SSSR count). The summed E-state index contributed by atoms with van der Waals surface area (Å²) < 4.78 is 1.60. The standard InChI is InChI=1S/C16H19NO2/c1-3-13-7-9-14(10-8-13)15(18)11-17-12(2)5-4-6-16(17)19/h4-10,15,18H,3,11H2,1-2H3. The van der Waals surface area contributed by atoms with Crippen molar-refractivity contribution in [2.45, 2.75) is 32.9 Å². The molecule has 0 fully saturated rings. The average Bonchev–Trinajstić information content (AvgIpc) is 2.43. The van der Waals surface area contributed by atoms with E-state index in [4.69, 9.17) is 0 Å². The van der Waals surface area contributed by atoms with Crippen LogP contribution < -0.4 is 5.56 Å². The Bertz CT molecular complexity index is 599. The highest BCUT2D eigenvalue weighted by Gasteiger charge is 2.10. The SMILES string of the molecule is CCc1ccc(C(O)Cn2c(C)cccc2=O)cc1. The van der Waals surface area contributed by atoms with Crippen molar-refractivity contribution in [2.24, 2.45) is 0 Å². The first-order chi connectivity index (χ1) is 9.11. The molecule has 1 unspecified atom stereocenters. The molecule has 3 nitrogen and oxygen atoms in total. The van der Waals surface area contributed by atoms with Crippen LogP contribution in [-0.4, -0.2) is 9.67 Å². The van der Waals surface area contributed by atoms with Crippen LogP contribution in [0.4, 0.5) is 0 Å². The number of benzene rings is 1. The maximum absolute atomic E-state index is 11.8. The quantitative estimate of drug-likeness (QED) is 0.914. The van der Waals surface area contributed by atoms with Crippen LogP contribution in [0.3, 0.4) is 0 Å². The van der Waals surface area contributed by atoms with Gasteiger partial charge in [0.25, 0.3) is 5.56 Å². The summed E-state index contributed by atoms with van der Waals surface area (Å²) in [7, 11) is 0. The van der Waals surface area contributed by atoms with Crippen molar-refractivity contribution in [1.82, 2.24) is 4.57 Å². The molecule has 2 aromatic rings. The Hall–Kier alpha value is -1.87. The lowest BCUT2D eigenvalue weighted by atomic mass is 10.1. The molecule has 100 valence electrons. The van der Waals surface area contributed by atoms with Crippen LogP contribution in [0.15, 0.2) is 47.3 Å². The molecule has 1 aromatic carbocycles. The van der Waals surface area contributed by atoms with E-state index in [0.29, 0.717) is 0 Å². The van der Waals surface area contributed by atoms with Gasteiger partial charge in [-0.15, -0.1) is 0 Å². The number of pyridine rings is 1. The van der Waals surface area contributed by atoms with Crippen molar-refractivity contribution in [3.05, 3.63) is 69.6 Å². The molecule has 0 saturated carbocycles. The molecule has 0 aliphatic carbocycles. The highest BCUT2D eigenvalue weighted by molar-refractivity contribution is 5.24. The highest BCUT2D eigenvalue weighted by atomic mass is 16.3. The Kier molecular flexibility index (Phi) is 4.17. The summed E-state index contributed by atoms with van der Waals surface area (Å²) in [6.07, 6.45) is 0.317. The molecule has 0 radical (unpaired) electrons. The Morgan fingerprint density at radius 3 is 2.42 bits per heavy atom. The summed E-state index contributed by atoms with van der Waals surface area (Å²) in [4.78, 5) is 11.8. The molecular weight excluding hydrogens is 238 g/mol. The van der Waals surface area contributed by atoms with Crippen molar-refractivity contribution < 1.29 is 5.11 Å². The van der Waals surface area contributed by atoms with Crippen molar-refractivity contribution in [3.63, 3.8) is 0 Å². The second-order valence-electron chi connectivity index (χ2n) is 4.73. The highest BCUT2D eigenvalue weighted by Crippen LogP contribution is 2.16. The van der Waals surface area contributed by atoms with Gasteiger partial charge < -0.3 is 9.67 Å². The predicted octanol–water partition coefficient (Wildman–Crippen LogP) is 2.45. The third-order valence-corrected chi connectivity index (χ3v) is 3.40. The number of hydrogen-bond donors (Lipinski definition) is 1. The van der Waals surface area contributed by atoms with Crippen molar-refractivity contribution in [2.75, 3.05) is 0 Å². The molecule has 0 saturated heterocycles. The van der Waals surface area contributed by atoms with Crippen LogP contribution >= 0.6 is 0 Å². The molecule has 1 atom stereocenters. The molecule has 1 heterocycles. The zero-order chi connectivity index (χ0) is 13.8. The van der Waals surface area contributed by atoms with Gasteiger partial charge >= 0.3 is 0 Å². The van der Waals surface area contributed by atoms with Crippen LogP contribution in [0.5, 0.6) is 0 Å². The topological polar surface area (TPSA) is 42.2 Å². The van der Waals surface area contributed by atoms with E-state index >= 15 is 0 Å². The number of aliphatic hydroxyl groups excluding tert-OH is 1. The first-order valence-electron chi connectivity index (χ1n) is 6.55. The second-order valence-corrected chi connectivity index (χ2v) is 4.73. The fraction of sp³-hybridized carbons (Fsp3) is 0.312. The van der Waals surface area contributed by atoms with E-state index in [-0.39, 0.29) is 12.1 Å². The molecule has 1 N–H and O–H groups in total. The third kappa shape index (κ3) is 3.12. The lowest BCUT2D eigenvalue weighted by molar-refractivity contribution is 0.154. The van der Waals surface area contributed by atoms with E-state index in [2.05, 4.69) is 6.92 Å². The number of aromatic nitrogens is 1. The van der Waals surface area contributed by atoms with Crippen LogP contribution in [0.2, 0.25) is 0 Å². The number of nitrogens with zero attached hydrogens (tertiary/aromatic N) is 1. The van der Waals surface area contributed by atoms with Crippen LogP contribution in [0, 0.1) is 6.92 Å². The maximum atomic E-state index is 11.8. The van der Waals surface area contributed by atoms with E-state index in [1.54, 1.807) is 10.6 Å². The smallest absolute Gasteiger partial charge is 0.250 e. The van der Waals surface area contributed by atoms with Crippen molar-refractivity contribution in [1.29, 1.82) is 0 Å². The van der Waals surface area contributed by atoms with Gasteiger partial charge in [-0.2, -0.15) is 0 Å². The third-order valence-electron chi connectivity index (χ3n) is 3.40. The largest absolute Gasteiger partial charge is 0.387 e. The minimum Gasteiger partial charge on any atom is -0.387 e. The van der Waals surface area contributed by atoms with Gasteiger partial charge in [0, 0.05) is 11.8 Å². The first kappa shape index (κ1) is 13.6. The van der Waals surface area contributed by atoms with Gasteiger partial charge in [0.05, 0.1) is 12.6 Å². The number of aliphatic hydroxyl groups is 1. The molecule has 0 amide bonds. The van der Waals surface area contributed by atoms with Crippen LogP contribution in [-0.2, 0) is 13.0 Å². The number of rotatable bonds is 4. The Morgan fingerprint density at radius 1 is 1.16 bits per heavy atom. The van der Waals surface area contributed by atoms with E-state index in [9.17, 15) is 9.90 Å². The summed E-state index contributed by atoms with van der Waals surface area (Å²) >= 11 is 0. The van der Waals surface area contributed by atoms with Crippen LogP contribution in [0.25, 0.3) is 0 Å². The Morgan fingerprint density at radius 2 is 1.84 bits per heavy atom. The molecule has 0 aliphatic heterocycles. The Labute approximate surface area is 113 Å². The van der Waals surface area contributed by atoms with Gasteiger partial charge in [0.15, 0.2) is 0 Å². The summed E-state index contributed by atoms with van der Waals surface area (Å²) in [5.74, 6) is 0. The minimum atomic E-state index is -0.662. The minimum absolute atomic E-state index is 0.0794.